The Labute approximate surface area is 98.7 Å². The molecule has 1 fully saturated rings. The Kier molecular flexibility index (Phi) is 5.65. The zero-order valence-electron chi connectivity index (χ0n) is 10.0. The van der Waals surface area contributed by atoms with Crippen molar-refractivity contribution < 1.29 is 0 Å². The minimum absolute atomic E-state index is 0.610. The number of hydrogen-bond acceptors (Lipinski definition) is 2. The quantitative estimate of drug-likeness (QED) is 0.802. The van der Waals surface area contributed by atoms with E-state index >= 15 is 0 Å². The normalized spacial score (nSPS) is 29.9. The standard InChI is InChI=1S/C12H23ClN2/c1-10(2)12-9-15(8-4-6-13)11(3)5-7-14-12/h4,6,10-12,14H,5,7-9H2,1-3H3/b6-4+. The van der Waals surface area contributed by atoms with Crippen LogP contribution in [0.3, 0.4) is 0 Å². The first kappa shape index (κ1) is 13.0. The highest BCUT2D eigenvalue weighted by Gasteiger charge is 2.23. The highest BCUT2D eigenvalue weighted by atomic mass is 35.5. The molecule has 1 rings (SSSR count). The Bertz CT molecular complexity index is 204. The highest BCUT2D eigenvalue weighted by Crippen LogP contribution is 2.13. The molecule has 15 heavy (non-hydrogen) atoms. The molecule has 0 bridgehead atoms. The van der Waals surface area contributed by atoms with Crippen molar-refractivity contribution in [2.45, 2.75) is 39.3 Å². The first-order valence-corrected chi connectivity index (χ1v) is 6.31. The van der Waals surface area contributed by atoms with E-state index in [-0.39, 0.29) is 0 Å². The van der Waals surface area contributed by atoms with Gasteiger partial charge >= 0.3 is 0 Å². The summed E-state index contributed by atoms with van der Waals surface area (Å²) in [4.78, 5) is 2.50. The zero-order valence-corrected chi connectivity index (χ0v) is 10.8. The van der Waals surface area contributed by atoms with E-state index in [2.05, 4.69) is 31.0 Å². The van der Waals surface area contributed by atoms with Crippen LogP contribution in [0.5, 0.6) is 0 Å². The van der Waals surface area contributed by atoms with E-state index in [0.29, 0.717) is 18.0 Å². The van der Waals surface area contributed by atoms with E-state index in [9.17, 15) is 0 Å². The lowest BCUT2D eigenvalue weighted by atomic mass is 10.0. The van der Waals surface area contributed by atoms with Crippen molar-refractivity contribution in [3.63, 3.8) is 0 Å². The molecule has 0 aromatic carbocycles. The second-order valence-corrected chi connectivity index (χ2v) is 5.01. The average molecular weight is 231 g/mol. The van der Waals surface area contributed by atoms with E-state index in [4.69, 9.17) is 11.6 Å². The Morgan fingerprint density at radius 1 is 1.53 bits per heavy atom. The number of hydrogen-bond donors (Lipinski definition) is 1. The van der Waals surface area contributed by atoms with Crippen molar-refractivity contribution in [2.24, 2.45) is 5.92 Å². The number of nitrogens with zero attached hydrogens (tertiary/aromatic N) is 1. The van der Waals surface area contributed by atoms with Crippen LogP contribution in [0, 0.1) is 5.92 Å². The molecule has 0 aromatic heterocycles. The predicted octanol–water partition coefficient (Wildman–Crippen LogP) is 2.45. The van der Waals surface area contributed by atoms with Gasteiger partial charge in [-0.3, -0.25) is 4.90 Å². The molecule has 2 unspecified atom stereocenters. The fourth-order valence-corrected chi connectivity index (χ4v) is 2.11. The van der Waals surface area contributed by atoms with Gasteiger partial charge < -0.3 is 5.32 Å². The van der Waals surface area contributed by atoms with Crippen molar-refractivity contribution >= 4 is 11.6 Å². The van der Waals surface area contributed by atoms with Gasteiger partial charge in [-0.05, 0) is 25.8 Å². The van der Waals surface area contributed by atoms with Gasteiger partial charge in [0, 0.05) is 30.7 Å². The molecule has 0 radical (unpaired) electrons. The van der Waals surface area contributed by atoms with Crippen LogP contribution in [-0.2, 0) is 0 Å². The fourth-order valence-electron chi connectivity index (χ4n) is 2.03. The van der Waals surface area contributed by atoms with Gasteiger partial charge in [-0.1, -0.05) is 31.5 Å². The molecule has 88 valence electrons. The van der Waals surface area contributed by atoms with Gasteiger partial charge in [-0.15, -0.1) is 0 Å². The van der Waals surface area contributed by atoms with Crippen molar-refractivity contribution in [2.75, 3.05) is 19.6 Å². The van der Waals surface area contributed by atoms with Gasteiger partial charge in [0.15, 0.2) is 0 Å². The van der Waals surface area contributed by atoms with Gasteiger partial charge in [0.1, 0.15) is 0 Å². The maximum absolute atomic E-state index is 5.59. The molecule has 1 heterocycles. The molecule has 2 atom stereocenters. The van der Waals surface area contributed by atoms with Crippen molar-refractivity contribution in [3.8, 4) is 0 Å². The van der Waals surface area contributed by atoms with Gasteiger partial charge in [0.2, 0.25) is 0 Å². The summed E-state index contributed by atoms with van der Waals surface area (Å²) >= 11 is 5.59. The Morgan fingerprint density at radius 3 is 2.87 bits per heavy atom. The van der Waals surface area contributed by atoms with Crippen LogP contribution < -0.4 is 5.32 Å². The number of rotatable bonds is 3. The summed E-state index contributed by atoms with van der Waals surface area (Å²) in [6.45, 7) is 10.1. The molecular weight excluding hydrogens is 208 g/mol. The minimum Gasteiger partial charge on any atom is -0.312 e. The van der Waals surface area contributed by atoms with Crippen LogP contribution in [-0.4, -0.2) is 36.6 Å². The first-order valence-electron chi connectivity index (χ1n) is 5.87. The van der Waals surface area contributed by atoms with E-state index in [0.717, 1.165) is 19.6 Å². The molecule has 0 spiro atoms. The topological polar surface area (TPSA) is 15.3 Å². The Morgan fingerprint density at radius 2 is 2.27 bits per heavy atom. The Hall–Kier alpha value is -0.0500. The maximum atomic E-state index is 5.59. The maximum Gasteiger partial charge on any atom is 0.0218 e. The van der Waals surface area contributed by atoms with E-state index in [1.165, 1.54) is 6.42 Å². The molecule has 2 nitrogen and oxygen atoms in total. The summed E-state index contributed by atoms with van der Waals surface area (Å²) in [6, 6.07) is 1.26. The fraction of sp³-hybridized carbons (Fsp3) is 0.833. The summed E-state index contributed by atoms with van der Waals surface area (Å²) in [6.07, 6.45) is 3.25. The van der Waals surface area contributed by atoms with Gasteiger partial charge in [0.05, 0.1) is 0 Å². The van der Waals surface area contributed by atoms with Crippen LogP contribution in [0.2, 0.25) is 0 Å². The van der Waals surface area contributed by atoms with Crippen LogP contribution >= 0.6 is 11.6 Å². The first-order chi connectivity index (χ1) is 7.15. The minimum atomic E-state index is 0.610. The largest absolute Gasteiger partial charge is 0.312 e. The lowest BCUT2D eigenvalue weighted by molar-refractivity contribution is 0.212. The van der Waals surface area contributed by atoms with Gasteiger partial charge in [-0.25, -0.2) is 0 Å². The van der Waals surface area contributed by atoms with Crippen molar-refractivity contribution in [1.82, 2.24) is 10.2 Å². The van der Waals surface area contributed by atoms with Crippen molar-refractivity contribution in [1.29, 1.82) is 0 Å². The van der Waals surface area contributed by atoms with Crippen LogP contribution in [0.4, 0.5) is 0 Å². The highest BCUT2D eigenvalue weighted by molar-refractivity contribution is 6.25. The predicted molar refractivity (Wildman–Crippen MR) is 67.3 cm³/mol. The third kappa shape index (κ3) is 4.13. The molecule has 0 aliphatic carbocycles. The molecule has 0 aromatic rings. The number of halogens is 1. The lowest BCUT2D eigenvalue weighted by Crippen LogP contribution is -2.42. The molecule has 1 saturated heterocycles. The summed E-state index contributed by atoms with van der Waals surface area (Å²) in [7, 11) is 0. The Balaban J connectivity index is 2.56. The average Bonchev–Trinajstić information content (AvgIpc) is 2.37. The third-order valence-electron chi connectivity index (χ3n) is 3.26. The monoisotopic (exact) mass is 230 g/mol. The molecular formula is C12H23ClN2. The molecule has 0 saturated carbocycles. The van der Waals surface area contributed by atoms with Crippen LogP contribution in [0.25, 0.3) is 0 Å². The summed E-state index contributed by atoms with van der Waals surface area (Å²) in [5, 5.41) is 3.62. The summed E-state index contributed by atoms with van der Waals surface area (Å²) < 4.78 is 0. The van der Waals surface area contributed by atoms with Gasteiger partial charge in [-0.2, -0.15) is 0 Å². The summed E-state index contributed by atoms with van der Waals surface area (Å²) in [5.74, 6) is 0.692. The number of nitrogens with one attached hydrogen (secondary N) is 1. The van der Waals surface area contributed by atoms with E-state index in [1.807, 2.05) is 6.08 Å². The third-order valence-corrected chi connectivity index (χ3v) is 3.44. The lowest BCUT2D eigenvalue weighted by Gasteiger charge is -2.29. The van der Waals surface area contributed by atoms with E-state index in [1.54, 1.807) is 5.54 Å². The van der Waals surface area contributed by atoms with Crippen molar-refractivity contribution in [3.05, 3.63) is 11.6 Å². The SMILES string of the molecule is CC(C)C1CN(C/C=C/Cl)C(C)CCN1. The molecule has 1 N–H and O–H groups in total. The smallest absolute Gasteiger partial charge is 0.0218 e. The van der Waals surface area contributed by atoms with Gasteiger partial charge in [0.25, 0.3) is 0 Å². The second kappa shape index (κ2) is 6.51. The second-order valence-electron chi connectivity index (χ2n) is 4.76. The van der Waals surface area contributed by atoms with Crippen LogP contribution in [0.1, 0.15) is 27.2 Å². The molecule has 0 amide bonds. The molecule has 1 aliphatic rings. The summed E-state index contributed by atoms with van der Waals surface area (Å²) in [5.41, 5.74) is 1.62. The van der Waals surface area contributed by atoms with E-state index < -0.39 is 0 Å². The zero-order chi connectivity index (χ0) is 11.3. The molecule has 1 aliphatic heterocycles. The molecule has 3 heteroatoms. The van der Waals surface area contributed by atoms with Crippen LogP contribution in [0.15, 0.2) is 11.6 Å².